The van der Waals surface area contributed by atoms with Crippen molar-refractivity contribution in [2.75, 3.05) is 12.8 Å². The molecule has 0 aliphatic carbocycles. The molecule has 1 nitrogen and oxygen atoms in total. The Morgan fingerprint density at radius 2 is 1.83 bits per heavy atom. The van der Waals surface area contributed by atoms with Crippen LogP contribution >= 0.6 is 11.8 Å². The molecule has 2 heteroatoms. The average molecular weight is 265 g/mol. The van der Waals surface area contributed by atoms with Gasteiger partial charge in [-0.2, -0.15) is 11.8 Å². The van der Waals surface area contributed by atoms with E-state index in [1.165, 1.54) is 28.9 Å². The maximum absolute atomic E-state index is 3.46. The highest BCUT2D eigenvalue weighted by Crippen LogP contribution is 2.19. The lowest BCUT2D eigenvalue weighted by Gasteiger charge is -2.20. The second kappa shape index (κ2) is 7.85. The summed E-state index contributed by atoms with van der Waals surface area (Å²) in [7, 11) is 2.08. The quantitative estimate of drug-likeness (QED) is 0.800. The van der Waals surface area contributed by atoms with Gasteiger partial charge in [0.2, 0.25) is 0 Å². The highest BCUT2D eigenvalue weighted by Gasteiger charge is 2.12. The molecule has 0 amide bonds. The Labute approximate surface area is 117 Å². The number of nitrogens with one attached hydrogen (secondary N) is 1. The van der Waals surface area contributed by atoms with Gasteiger partial charge in [0.05, 0.1) is 0 Å². The van der Waals surface area contributed by atoms with Gasteiger partial charge in [-0.15, -0.1) is 0 Å². The van der Waals surface area contributed by atoms with E-state index in [4.69, 9.17) is 0 Å². The van der Waals surface area contributed by atoms with Crippen LogP contribution in [0.3, 0.4) is 0 Å². The summed E-state index contributed by atoms with van der Waals surface area (Å²) < 4.78 is 0. The Morgan fingerprint density at radius 3 is 2.33 bits per heavy atom. The van der Waals surface area contributed by atoms with Gasteiger partial charge in [0.25, 0.3) is 0 Å². The Morgan fingerprint density at radius 1 is 1.22 bits per heavy atom. The zero-order valence-corrected chi connectivity index (χ0v) is 13.2. The largest absolute Gasteiger partial charge is 0.316 e. The number of aryl methyl sites for hydroxylation is 2. The van der Waals surface area contributed by atoms with Crippen molar-refractivity contribution in [3.05, 3.63) is 34.9 Å². The van der Waals surface area contributed by atoms with E-state index in [1.807, 2.05) is 0 Å². The molecule has 1 N–H and O–H groups in total. The van der Waals surface area contributed by atoms with Crippen LogP contribution in [0.15, 0.2) is 18.2 Å². The fraction of sp³-hybridized carbons (Fsp3) is 0.625. The monoisotopic (exact) mass is 265 g/mol. The molecule has 0 fully saturated rings. The minimum Gasteiger partial charge on any atom is -0.316 e. The van der Waals surface area contributed by atoms with E-state index in [9.17, 15) is 0 Å². The zero-order valence-electron chi connectivity index (χ0n) is 12.4. The van der Waals surface area contributed by atoms with Gasteiger partial charge in [0, 0.05) is 17.0 Å². The molecule has 0 aliphatic heterocycles. The number of hydrogen-bond acceptors (Lipinski definition) is 2. The smallest absolute Gasteiger partial charge is 0.0195 e. The summed E-state index contributed by atoms with van der Waals surface area (Å²) in [4.78, 5) is 0. The molecule has 0 radical (unpaired) electrons. The summed E-state index contributed by atoms with van der Waals surface area (Å²) >= 11 is 2.08. The molecule has 2 atom stereocenters. The Kier molecular flexibility index (Phi) is 6.80. The van der Waals surface area contributed by atoms with E-state index < -0.39 is 0 Å². The summed E-state index contributed by atoms with van der Waals surface area (Å²) in [5.74, 6) is 1.19. The van der Waals surface area contributed by atoms with E-state index in [1.54, 1.807) is 0 Å². The van der Waals surface area contributed by atoms with Crippen LogP contribution in [0.2, 0.25) is 0 Å². The fourth-order valence-electron chi connectivity index (χ4n) is 2.06. The van der Waals surface area contributed by atoms with Crippen molar-refractivity contribution < 1.29 is 0 Å². The van der Waals surface area contributed by atoms with Gasteiger partial charge in [-0.25, -0.2) is 0 Å². The molecule has 1 aromatic rings. The van der Waals surface area contributed by atoms with Crippen molar-refractivity contribution in [3.8, 4) is 0 Å². The predicted molar refractivity (Wildman–Crippen MR) is 84.7 cm³/mol. The highest BCUT2D eigenvalue weighted by molar-refractivity contribution is 7.99. The van der Waals surface area contributed by atoms with Crippen LogP contribution in [0.5, 0.6) is 0 Å². The van der Waals surface area contributed by atoms with Gasteiger partial charge < -0.3 is 5.32 Å². The summed E-state index contributed by atoms with van der Waals surface area (Å²) in [6.45, 7) is 9.02. The van der Waals surface area contributed by atoms with Crippen molar-refractivity contribution in [3.63, 3.8) is 0 Å². The van der Waals surface area contributed by atoms with Gasteiger partial charge in [0.1, 0.15) is 0 Å². The molecule has 1 aromatic carbocycles. The number of thioether (sulfide) groups is 1. The Hall–Kier alpha value is -0.470. The van der Waals surface area contributed by atoms with Crippen LogP contribution < -0.4 is 5.32 Å². The molecule has 102 valence electrons. The first-order valence-corrected chi connectivity index (χ1v) is 7.97. The van der Waals surface area contributed by atoms with E-state index in [2.05, 4.69) is 70.0 Å². The molecular formula is C16H27NS. The molecular weight excluding hydrogens is 238 g/mol. The van der Waals surface area contributed by atoms with Gasteiger partial charge in [0.15, 0.2) is 0 Å². The molecule has 1 rings (SSSR count). The van der Waals surface area contributed by atoms with E-state index in [-0.39, 0.29) is 0 Å². The standard InChI is InChI=1S/C16H27NS/c1-6-14(4)18-11-15(17-5)10-16-12(2)8-7-9-13(16)3/h7-9,14-15,17H,6,10-11H2,1-5H3. The van der Waals surface area contributed by atoms with Crippen molar-refractivity contribution in [2.45, 2.75) is 51.8 Å². The van der Waals surface area contributed by atoms with E-state index >= 15 is 0 Å². The van der Waals surface area contributed by atoms with Gasteiger partial charge in [-0.3, -0.25) is 0 Å². The second-order valence-corrected chi connectivity index (χ2v) is 6.58. The molecule has 0 saturated carbocycles. The van der Waals surface area contributed by atoms with Crippen molar-refractivity contribution in [2.24, 2.45) is 0 Å². The zero-order chi connectivity index (χ0) is 13.5. The molecule has 0 saturated heterocycles. The van der Waals surface area contributed by atoms with Crippen molar-refractivity contribution >= 4 is 11.8 Å². The van der Waals surface area contributed by atoms with E-state index in [0.717, 1.165) is 11.7 Å². The summed E-state index contributed by atoms with van der Waals surface area (Å²) in [6, 6.07) is 7.16. The van der Waals surface area contributed by atoms with Crippen molar-refractivity contribution in [1.29, 1.82) is 0 Å². The normalized spacial score (nSPS) is 14.5. The molecule has 0 heterocycles. The topological polar surface area (TPSA) is 12.0 Å². The van der Waals surface area contributed by atoms with Crippen LogP contribution in [0.1, 0.15) is 37.0 Å². The first-order valence-electron chi connectivity index (χ1n) is 6.92. The molecule has 0 spiro atoms. The lowest BCUT2D eigenvalue weighted by Crippen LogP contribution is -2.31. The number of likely N-dealkylation sites (N-methyl/N-ethyl adjacent to an activating group) is 1. The maximum atomic E-state index is 3.46. The number of benzene rings is 1. The van der Waals surface area contributed by atoms with Gasteiger partial charge >= 0.3 is 0 Å². The minimum absolute atomic E-state index is 0.573. The van der Waals surface area contributed by atoms with Gasteiger partial charge in [-0.05, 0) is 50.4 Å². The number of rotatable bonds is 7. The molecule has 0 aromatic heterocycles. The van der Waals surface area contributed by atoms with Gasteiger partial charge in [-0.1, -0.05) is 32.0 Å². The molecule has 2 unspecified atom stereocenters. The Bertz CT molecular complexity index is 342. The predicted octanol–water partition coefficient (Wildman–Crippen LogP) is 3.97. The van der Waals surface area contributed by atoms with Crippen LogP contribution in [-0.2, 0) is 6.42 Å². The maximum Gasteiger partial charge on any atom is 0.0195 e. The van der Waals surface area contributed by atoms with Crippen LogP contribution in [0, 0.1) is 13.8 Å². The first-order chi connectivity index (χ1) is 8.58. The average Bonchev–Trinajstić information content (AvgIpc) is 2.37. The fourth-order valence-corrected chi connectivity index (χ4v) is 3.14. The molecule has 18 heavy (non-hydrogen) atoms. The molecule has 0 aliphatic rings. The van der Waals surface area contributed by atoms with Crippen molar-refractivity contribution in [1.82, 2.24) is 5.32 Å². The highest BCUT2D eigenvalue weighted by atomic mass is 32.2. The third-order valence-electron chi connectivity index (χ3n) is 3.66. The SMILES string of the molecule is CCC(C)SCC(Cc1c(C)cccc1C)NC. The van der Waals surface area contributed by atoms with Crippen LogP contribution in [0.4, 0.5) is 0 Å². The summed E-state index contributed by atoms with van der Waals surface area (Å²) in [6.07, 6.45) is 2.39. The second-order valence-electron chi connectivity index (χ2n) is 5.11. The lowest BCUT2D eigenvalue weighted by atomic mass is 9.97. The van der Waals surface area contributed by atoms with Crippen LogP contribution in [0.25, 0.3) is 0 Å². The third kappa shape index (κ3) is 4.66. The lowest BCUT2D eigenvalue weighted by molar-refractivity contribution is 0.612. The number of hydrogen-bond donors (Lipinski definition) is 1. The third-order valence-corrected chi connectivity index (χ3v) is 5.16. The molecule has 0 bridgehead atoms. The summed E-state index contributed by atoms with van der Waals surface area (Å²) in [5, 5.41) is 4.23. The summed E-state index contributed by atoms with van der Waals surface area (Å²) in [5.41, 5.74) is 4.36. The van der Waals surface area contributed by atoms with E-state index in [0.29, 0.717) is 6.04 Å². The first kappa shape index (κ1) is 15.6. The van der Waals surface area contributed by atoms with Crippen LogP contribution in [-0.4, -0.2) is 24.1 Å². The Balaban J connectivity index is 2.62. The minimum atomic E-state index is 0.573.